The van der Waals surface area contributed by atoms with Gasteiger partial charge in [-0.15, -0.1) is 0 Å². The Balaban J connectivity index is 3.06. The predicted molar refractivity (Wildman–Crippen MR) is 60.5 cm³/mol. The maximum atomic E-state index is 12.5. The largest absolute Gasteiger partial charge is 0.385 e. The maximum absolute atomic E-state index is 12.5. The first-order valence-corrected chi connectivity index (χ1v) is 5.44. The minimum absolute atomic E-state index is 0.246. The van der Waals surface area contributed by atoms with Gasteiger partial charge >= 0.3 is 0 Å². The molecular weight excluding hydrogens is 210 g/mol. The van der Waals surface area contributed by atoms with Crippen LogP contribution < -0.4 is 0 Å². The first kappa shape index (κ1) is 13.1. The van der Waals surface area contributed by atoms with E-state index in [0.29, 0.717) is 5.56 Å². The van der Waals surface area contributed by atoms with Crippen LogP contribution in [0.1, 0.15) is 31.4 Å². The molecule has 3 heteroatoms. The van der Waals surface area contributed by atoms with E-state index in [2.05, 4.69) is 0 Å². The molecule has 0 aliphatic rings. The summed E-state index contributed by atoms with van der Waals surface area (Å²) in [6.07, 6.45) is -3.03. The van der Waals surface area contributed by atoms with Gasteiger partial charge in [-0.1, -0.05) is 43.7 Å². The molecule has 0 radical (unpaired) electrons. The Labute approximate surface area is 95.1 Å². The first-order chi connectivity index (χ1) is 7.36. The molecule has 0 amide bonds. The van der Waals surface area contributed by atoms with Crippen LogP contribution in [-0.4, -0.2) is 11.5 Å². The summed E-state index contributed by atoms with van der Waals surface area (Å²) in [4.78, 5) is 0. The summed E-state index contributed by atoms with van der Waals surface area (Å²) in [5.41, 5.74) is 0.169. The van der Waals surface area contributed by atoms with Crippen molar-refractivity contribution in [2.24, 2.45) is 5.92 Å². The third-order valence-electron chi connectivity index (χ3n) is 2.97. The number of halogens is 2. The van der Waals surface area contributed by atoms with E-state index in [9.17, 15) is 13.9 Å². The minimum Gasteiger partial charge on any atom is -0.385 e. The van der Waals surface area contributed by atoms with Crippen LogP contribution in [0.5, 0.6) is 0 Å². The predicted octanol–water partition coefficient (Wildman–Crippen LogP) is 3.49. The number of hydrogen-bond donors (Lipinski definition) is 1. The second-order valence-electron chi connectivity index (χ2n) is 4.54. The molecule has 0 aromatic heterocycles. The van der Waals surface area contributed by atoms with E-state index >= 15 is 0 Å². The molecule has 1 N–H and O–H groups in total. The van der Waals surface area contributed by atoms with Crippen molar-refractivity contribution in [1.29, 1.82) is 0 Å². The molecule has 0 bridgehead atoms. The highest BCUT2D eigenvalue weighted by Crippen LogP contribution is 2.35. The minimum atomic E-state index is -2.51. The summed E-state index contributed by atoms with van der Waals surface area (Å²) >= 11 is 0. The van der Waals surface area contributed by atoms with Crippen LogP contribution in [0, 0.1) is 12.8 Å². The third-order valence-corrected chi connectivity index (χ3v) is 2.97. The molecule has 1 aromatic carbocycles. The van der Waals surface area contributed by atoms with E-state index in [1.165, 1.54) is 0 Å². The van der Waals surface area contributed by atoms with Crippen LogP contribution >= 0.6 is 0 Å². The van der Waals surface area contributed by atoms with Gasteiger partial charge in [-0.25, -0.2) is 8.78 Å². The zero-order valence-corrected chi connectivity index (χ0v) is 9.87. The first-order valence-electron chi connectivity index (χ1n) is 5.44. The average Bonchev–Trinajstić information content (AvgIpc) is 2.17. The fourth-order valence-corrected chi connectivity index (χ4v) is 1.76. The maximum Gasteiger partial charge on any atom is 0.241 e. The third kappa shape index (κ3) is 2.79. The standard InChI is InChI=1S/C13H18F2O/c1-9(2)13(16,8-12(14)15)11-6-4-10(3)5-7-11/h4-7,9,12,16H,8H2,1-3H3. The van der Waals surface area contributed by atoms with E-state index in [0.717, 1.165) is 5.56 Å². The van der Waals surface area contributed by atoms with Crippen LogP contribution in [0.15, 0.2) is 24.3 Å². The summed E-state index contributed by atoms with van der Waals surface area (Å²) in [5.74, 6) is -0.246. The Hall–Kier alpha value is -0.960. The zero-order chi connectivity index (χ0) is 12.3. The van der Waals surface area contributed by atoms with Crippen molar-refractivity contribution in [1.82, 2.24) is 0 Å². The molecule has 1 nitrogen and oxygen atoms in total. The highest BCUT2D eigenvalue weighted by atomic mass is 19.3. The smallest absolute Gasteiger partial charge is 0.241 e. The molecule has 1 atom stereocenters. The molecule has 1 aromatic rings. The van der Waals surface area contributed by atoms with Crippen molar-refractivity contribution in [2.45, 2.75) is 39.2 Å². The van der Waals surface area contributed by atoms with Crippen molar-refractivity contribution >= 4 is 0 Å². The van der Waals surface area contributed by atoms with Crippen LogP contribution in [0.2, 0.25) is 0 Å². The van der Waals surface area contributed by atoms with Gasteiger partial charge in [0.25, 0.3) is 0 Å². The number of aliphatic hydroxyl groups is 1. The molecule has 1 rings (SSSR count). The van der Waals surface area contributed by atoms with Crippen molar-refractivity contribution in [3.05, 3.63) is 35.4 Å². The Kier molecular flexibility index (Phi) is 4.03. The summed E-state index contributed by atoms with van der Waals surface area (Å²) in [6, 6.07) is 7.09. The highest BCUT2D eigenvalue weighted by molar-refractivity contribution is 5.27. The Bertz CT molecular complexity index is 332. The summed E-state index contributed by atoms with van der Waals surface area (Å²) in [5, 5.41) is 10.3. The quantitative estimate of drug-likeness (QED) is 0.836. The molecular formula is C13H18F2O. The summed E-state index contributed by atoms with van der Waals surface area (Å²) < 4.78 is 25.0. The van der Waals surface area contributed by atoms with Gasteiger partial charge in [0.2, 0.25) is 6.43 Å². The van der Waals surface area contributed by atoms with E-state index in [1.54, 1.807) is 26.0 Å². The van der Waals surface area contributed by atoms with Gasteiger partial charge in [0.15, 0.2) is 0 Å². The lowest BCUT2D eigenvalue weighted by Crippen LogP contribution is -2.34. The lowest BCUT2D eigenvalue weighted by atomic mass is 9.80. The van der Waals surface area contributed by atoms with Crippen molar-refractivity contribution in [3.63, 3.8) is 0 Å². The van der Waals surface area contributed by atoms with E-state index < -0.39 is 18.4 Å². The Morgan fingerprint density at radius 3 is 2.06 bits per heavy atom. The van der Waals surface area contributed by atoms with Gasteiger partial charge < -0.3 is 5.11 Å². The van der Waals surface area contributed by atoms with Crippen LogP contribution in [-0.2, 0) is 5.60 Å². The van der Waals surface area contributed by atoms with Crippen LogP contribution in [0.4, 0.5) is 8.78 Å². The van der Waals surface area contributed by atoms with E-state index in [4.69, 9.17) is 0 Å². The van der Waals surface area contributed by atoms with Gasteiger partial charge in [0, 0.05) is 6.42 Å². The normalized spacial score (nSPS) is 15.5. The average molecular weight is 228 g/mol. The molecule has 16 heavy (non-hydrogen) atoms. The van der Waals surface area contributed by atoms with Gasteiger partial charge in [0.05, 0.1) is 5.60 Å². The molecule has 0 saturated heterocycles. The number of benzene rings is 1. The number of alkyl halides is 2. The molecule has 0 aliphatic carbocycles. The molecule has 0 saturated carbocycles. The summed E-state index contributed by atoms with van der Waals surface area (Å²) in [6.45, 7) is 5.43. The van der Waals surface area contributed by atoms with Crippen LogP contribution in [0.3, 0.4) is 0 Å². The monoisotopic (exact) mass is 228 g/mol. The van der Waals surface area contributed by atoms with Crippen molar-refractivity contribution in [2.75, 3.05) is 0 Å². The van der Waals surface area contributed by atoms with E-state index in [1.807, 2.05) is 19.1 Å². The molecule has 0 fully saturated rings. The molecule has 0 aliphatic heterocycles. The lowest BCUT2D eigenvalue weighted by molar-refractivity contribution is -0.0606. The Morgan fingerprint density at radius 2 is 1.69 bits per heavy atom. The summed E-state index contributed by atoms with van der Waals surface area (Å²) in [7, 11) is 0. The SMILES string of the molecule is Cc1ccc(C(O)(CC(F)F)C(C)C)cc1. The topological polar surface area (TPSA) is 20.2 Å². The molecule has 0 heterocycles. The van der Waals surface area contributed by atoms with Gasteiger partial charge in [-0.2, -0.15) is 0 Å². The fourth-order valence-electron chi connectivity index (χ4n) is 1.76. The Morgan fingerprint density at radius 1 is 1.19 bits per heavy atom. The highest BCUT2D eigenvalue weighted by Gasteiger charge is 2.35. The fraction of sp³-hybridized carbons (Fsp3) is 0.538. The zero-order valence-electron chi connectivity index (χ0n) is 9.87. The van der Waals surface area contributed by atoms with E-state index in [-0.39, 0.29) is 5.92 Å². The lowest BCUT2D eigenvalue weighted by Gasteiger charge is -2.32. The second-order valence-corrected chi connectivity index (χ2v) is 4.54. The molecule has 0 spiro atoms. The van der Waals surface area contributed by atoms with Gasteiger partial charge in [-0.05, 0) is 18.4 Å². The number of aryl methyl sites for hydroxylation is 1. The van der Waals surface area contributed by atoms with Gasteiger partial charge in [-0.3, -0.25) is 0 Å². The second kappa shape index (κ2) is 4.91. The van der Waals surface area contributed by atoms with Crippen molar-refractivity contribution in [3.8, 4) is 0 Å². The molecule has 1 unspecified atom stereocenters. The van der Waals surface area contributed by atoms with Gasteiger partial charge in [0.1, 0.15) is 0 Å². The number of rotatable bonds is 4. The molecule has 90 valence electrons. The van der Waals surface area contributed by atoms with Crippen molar-refractivity contribution < 1.29 is 13.9 Å². The van der Waals surface area contributed by atoms with Crippen LogP contribution in [0.25, 0.3) is 0 Å². The number of hydrogen-bond acceptors (Lipinski definition) is 1.